The van der Waals surface area contributed by atoms with Crippen LogP contribution in [0.3, 0.4) is 0 Å². The van der Waals surface area contributed by atoms with Crippen molar-refractivity contribution in [1.82, 2.24) is 0 Å². The summed E-state index contributed by atoms with van der Waals surface area (Å²) in [6.07, 6.45) is 0. The van der Waals surface area contributed by atoms with Crippen molar-refractivity contribution >= 4 is 37.8 Å². The summed E-state index contributed by atoms with van der Waals surface area (Å²) >= 11 is 6.68. The minimum Gasteiger partial charge on any atom is -0.465 e. The van der Waals surface area contributed by atoms with Gasteiger partial charge in [0.25, 0.3) is 0 Å². The summed E-state index contributed by atoms with van der Waals surface area (Å²) in [5.74, 6) is -0.290. The fourth-order valence-corrected chi connectivity index (χ4v) is 1.96. The minimum absolute atomic E-state index is 0.290. The van der Waals surface area contributed by atoms with Crippen LogP contribution in [-0.4, -0.2) is 13.1 Å². The summed E-state index contributed by atoms with van der Waals surface area (Å²) in [6.45, 7) is 8.00. The van der Waals surface area contributed by atoms with Gasteiger partial charge in [0.05, 0.1) is 12.7 Å². The van der Waals surface area contributed by atoms with Gasteiger partial charge in [0.15, 0.2) is 0 Å². The normalized spacial score (nSPS) is 8.39. The molecule has 0 aliphatic heterocycles. The first-order valence-electron chi connectivity index (χ1n) is 6.05. The van der Waals surface area contributed by atoms with Gasteiger partial charge in [0.2, 0.25) is 0 Å². The van der Waals surface area contributed by atoms with E-state index in [9.17, 15) is 4.79 Å². The van der Waals surface area contributed by atoms with Gasteiger partial charge in [0.1, 0.15) is 0 Å². The zero-order valence-electron chi connectivity index (χ0n) is 11.7. The van der Waals surface area contributed by atoms with Crippen molar-refractivity contribution in [2.45, 2.75) is 38.4 Å². The molecule has 1 aromatic carbocycles. The maximum absolute atomic E-state index is 11.4. The lowest BCUT2D eigenvalue weighted by atomic mass is 10.1. The summed E-state index contributed by atoms with van der Waals surface area (Å²) in [5.41, 5.74) is 2.64. The van der Waals surface area contributed by atoms with Gasteiger partial charge in [-0.2, -0.15) is 0 Å². The Kier molecular flexibility index (Phi) is 14.5. The van der Waals surface area contributed by atoms with Crippen molar-refractivity contribution in [3.05, 3.63) is 34.9 Å². The van der Waals surface area contributed by atoms with Crippen LogP contribution in [0.25, 0.3) is 0 Å². The number of carbonyl (C=O) groups is 1. The predicted octanol–water partition coefficient (Wildman–Crippen LogP) is 5.32. The molecule has 0 radical (unpaired) electrons. The van der Waals surface area contributed by atoms with E-state index in [-0.39, 0.29) is 5.97 Å². The molecule has 0 atom stereocenters. The number of hydrogen-bond donors (Lipinski definition) is 0. The molecular formula is C14H22Br2O2. The smallest absolute Gasteiger partial charge is 0.338 e. The molecule has 0 aromatic heterocycles. The summed E-state index contributed by atoms with van der Waals surface area (Å²) in [5, 5.41) is 1.39. The average Bonchev–Trinajstić information content (AvgIpc) is 2.49. The van der Waals surface area contributed by atoms with Crippen LogP contribution < -0.4 is 0 Å². The van der Waals surface area contributed by atoms with E-state index in [1.807, 2.05) is 45.9 Å². The van der Waals surface area contributed by atoms with Crippen LogP contribution in [0, 0.1) is 0 Å². The van der Waals surface area contributed by atoms with E-state index in [0.29, 0.717) is 10.9 Å². The Morgan fingerprint density at radius 1 is 1.11 bits per heavy atom. The minimum atomic E-state index is -0.290. The van der Waals surface area contributed by atoms with Crippen LogP contribution >= 0.6 is 31.9 Å². The molecule has 1 aromatic rings. The highest BCUT2D eigenvalue weighted by molar-refractivity contribution is 9.08. The van der Waals surface area contributed by atoms with Gasteiger partial charge in [-0.1, -0.05) is 71.7 Å². The largest absolute Gasteiger partial charge is 0.465 e. The third-order valence-electron chi connectivity index (χ3n) is 1.88. The van der Waals surface area contributed by atoms with E-state index < -0.39 is 0 Å². The molecule has 0 spiro atoms. The van der Waals surface area contributed by atoms with Crippen LogP contribution in [0.15, 0.2) is 18.2 Å². The Labute approximate surface area is 127 Å². The lowest BCUT2D eigenvalue weighted by Gasteiger charge is -2.06. The van der Waals surface area contributed by atoms with Crippen LogP contribution in [-0.2, 0) is 15.4 Å². The highest BCUT2D eigenvalue weighted by atomic mass is 79.9. The molecule has 0 N–H and O–H groups in total. The Morgan fingerprint density at radius 3 is 2.06 bits per heavy atom. The van der Waals surface area contributed by atoms with Gasteiger partial charge < -0.3 is 4.74 Å². The molecule has 0 saturated heterocycles. The first kappa shape index (κ1) is 20.0. The Morgan fingerprint density at radius 2 is 1.67 bits per heavy atom. The monoisotopic (exact) mass is 380 g/mol. The average molecular weight is 382 g/mol. The van der Waals surface area contributed by atoms with Crippen LogP contribution in [0.1, 0.15) is 49.2 Å². The van der Waals surface area contributed by atoms with Crippen LogP contribution in [0.5, 0.6) is 0 Å². The van der Waals surface area contributed by atoms with Gasteiger partial charge in [-0.3, -0.25) is 0 Å². The molecule has 104 valence electrons. The topological polar surface area (TPSA) is 26.3 Å². The number of rotatable bonds is 3. The number of carbonyl (C=O) groups excluding carboxylic acids is 1. The van der Waals surface area contributed by atoms with E-state index >= 15 is 0 Å². The molecule has 1 rings (SSSR count). The molecule has 0 aliphatic rings. The summed E-state index contributed by atoms with van der Waals surface area (Å²) in [7, 11) is 1.39. The van der Waals surface area contributed by atoms with Crippen molar-refractivity contribution in [3.63, 3.8) is 0 Å². The molecule has 2 nitrogen and oxygen atoms in total. The first-order valence-corrected chi connectivity index (χ1v) is 8.29. The van der Waals surface area contributed by atoms with Crippen molar-refractivity contribution < 1.29 is 9.53 Å². The maximum Gasteiger partial charge on any atom is 0.338 e. The lowest BCUT2D eigenvalue weighted by molar-refractivity contribution is 0.0599. The fourth-order valence-electron chi connectivity index (χ4n) is 1.12. The van der Waals surface area contributed by atoms with E-state index in [1.165, 1.54) is 7.11 Å². The summed E-state index contributed by atoms with van der Waals surface area (Å²) in [4.78, 5) is 11.4. The number of esters is 1. The van der Waals surface area contributed by atoms with Gasteiger partial charge in [0, 0.05) is 10.7 Å². The molecule has 4 heteroatoms. The second-order valence-corrected chi connectivity index (χ2v) is 3.87. The van der Waals surface area contributed by atoms with Gasteiger partial charge in [-0.25, -0.2) is 4.79 Å². The van der Waals surface area contributed by atoms with Crippen LogP contribution in [0.2, 0.25) is 0 Å². The second kappa shape index (κ2) is 13.1. The van der Waals surface area contributed by atoms with E-state index in [0.717, 1.165) is 16.5 Å². The van der Waals surface area contributed by atoms with E-state index in [2.05, 4.69) is 31.9 Å². The van der Waals surface area contributed by atoms with Crippen molar-refractivity contribution in [1.29, 1.82) is 0 Å². The predicted molar refractivity (Wildman–Crippen MR) is 85.7 cm³/mol. The quantitative estimate of drug-likeness (QED) is 0.523. The Hall–Kier alpha value is -0.350. The highest BCUT2D eigenvalue weighted by Gasteiger charge is 2.11. The maximum atomic E-state index is 11.4. The summed E-state index contributed by atoms with van der Waals surface area (Å²) in [6, 6.07) is 5.76. The van der Waals surface area contributed by atoms with E-state index in [4.69, 9.17) is 4.74 Å². The summed E-state index contributed by atoms with van der Waals surface area (Å²) < 4.78 is 4.70. The third kappa shape index (κ3) is 6.55. The number of methoxy groups -OCH3 is 1. The number of hydrogen-bond acceptors (Lipinski definition) is 2. The molecule has 18 heavy (non-hydrogen) atoms. The highest BCUT2D eigenvalue weighted by Crippen LogP contribution is 2.17. The van der Waals surface area contributed by atoms with E-state index in [1.54, 1.807) is 0 Å². The first-order chi connectivity index (χ1) is 8.72. The van der Waals surface area contributed by atoms with Gasteiger partial charge >= 0.3 is 5.97 Å². The molecule has 0 unspecified atom stereocenters. The standard InChI is InChI=1S/C10H10Br2O2.2C2H6/c1-14-10(13)9-4-7(5-11)2-3-8(9)6-12;2*1-2/h2-4H,5-6H2,1H3;2*1-2H3. The zero-order valence-corrected chi connectivity index (χ0v) is 14.9. The molecule has 0 fully saturated rings. The zero-order chi connectivity index (χ0) is 14.6. The SMILES string of the molecule is CC.CC.COC(=O)c1cc(CBr)ccc1CBr. The molecule has 0 amide bonds. The van der Waals surface area contributed by atoms with Gasteiger partial charge in [-0.05, 0) is 17.2 Å². The molecule has 0 bridgehead atoms. The number of ether oxygens (including phenoxy) is 1. The number of alkyl halides is 2. The Balaban J connectivity index is 0. The number of benzene rings is 1. The number of halogens is 2. The van der Waals surface area contributed by atoms with Crippen molar-refractivity contribution in [2.75, 3.05) is 7.11 Å². The molecular weight excluding hydrogens is 360 g/mol. The van der Waals surface area contributed by atoms with Crippen molar-refractivity contribution in [3.8, 4) is 0 Å². The Bertz CT molecular complexity index is 339. The fraction of sp³-hybridized carbons (Fsp3) is 0.500. The molecule has 0 saturated carbocycles. The van der Waals surface area contributed by atoms with Crippen molar-refractivity contribution in [2.24, 2.45) is 0 Å². The molecule has 0 aliphatic carbocycles. The second-order valence-electron chi connectivity index (χ2n) is 2.75. The van der Waals surface area contributed by atoms with Crippen LogP contribution in [0.4, 0.5) is 0 Å². The molecule has 0 heterocycles. The third-order valence-corrected chi connectivity index (χ3v) is 3.13. The lowest BCUT2D eigenvalue weighted by Crippen LogP contribution is -2.05. The van der Waals surface area contributed by atoms with Gasteiger partial charge in [-0.15, -0.1) is 0 Å².